The molecule has 0 aliphatic carbocycles. The fourth-order valence-corrected chi connectivity index (χ4v) is 2.40. The lowest BCUT2D eigenvalue weighted by Gasteiger charge is -2.19. The molecule has 1 amide bonds. The molecule has 0 bridgehead atoms. The molecule has 2 rings (SSSR count). The summed E-state index contributed by atoms with van der Waals surface area (Å²) in [6, 6.07) is 2.78. The molecule has 2 aromatic rings. The highest BCUT2D eigenvalue weighted by molar-refractivity contribution is 5.90. The van der Waals surface area contributed by atoms with Gasteiger partial charge in [-0.05, 0) is 44.9 Å². The zero-order valence-electron chi connectivity index (χ0n) is 15.2. The molecule has 0 saturated heterocycles. The molecule has 0 fully saturated rings. The molecule has 26 heavy (non-hydrogen) atoms. The van der Waals surface area contributed by atoms with Gasteiger partial charge in [0.2, 0.25) is 0 Å². The van der Waals surface area contributed by atoms with Crippen molar-refractivity contribution < 1.29 is 23.8 Å². The maximum Gasteiger partial charge on any atom is 0.407 e. The lowest BCUT2D eigenvalue weighted by Crippen LogP contribution is -2.34. The first kappa shape index (κ1) is 19.4. The van der Waals surface area contributed by atoms with E-state index in [0.29, 0.717) is 29.8 Å². The summed E-state index contributed by atoms with van der Waals surface area (Å²) in [5.41, 5.74) is 0.639. The number of rotatable bonds is 5. The van der Waals surface area contributed by atoms with E-state index in [2.05, 4.69) is 10.4 Å². The van der Waals surface area contributed by atoms with E-state index >= 15 is 0 Å². The highest BCUT2D eigenvalue weighted by atomic mass is 19.1. The topological polar surface area (TPSA) is 93.5 Å². The number of aromatic nitrogens is 2. The maximum absolute atomic E-state index is 14.0. The van der Waals surface area contributed by atoms with Gasteiger partial charge in [-0.3, -0.25) is 4.68 Å². The summed E-state index contributed by atoms with van der Waals surface area (Å²) in [4.78, 5) is 22.6. The average Bonchev–Trinajstić information content (AvgIpc) is 2.93. The Hall–Kier alpha value is -2.90. The Morgan fingerprint density at radius 2 is 2.00 bits per heavy atom. The van der Waals surface area contributed by atoms with Gasteiger partial charge in [0.1, 0.15) is 11.4 Å². The summed E-state index contributed by atoms with van der Waals surface area (Å²) in [5, 5.41) is 15.8. The van der Waals surface area contributed by atoms with Crippen LogP contribution in [-0.2, 0) is 11.3 Å². The molecule has 0 unspecified atom stereocenters. The van der Waals surface area contributed by atoms with E-state index in [1.165, 1.54) is 6.07 Å². The monoisotopic (exact) mass is 363 g/mol. The fourth-order valence-electron chi connectivity index (χ4n) is 2.40. The number of amides is 1. The van der Waals surface area contributed by atoms with Gasteiger partial charge in [0.25, 0.3) is 0 Å². The van der Waals surface area contributed by atoms with Crippen LogP contribution in [0, 0.1) is 12.7 Å². The Morgan fingerprint density at radius 3 is 2.58 bits per heavy atom. The molecule has 0 atom stereocenters. The average molecular weight is 363 g/mol. The first-order valence-electron chi connectivity index (χ1n) is 8.10. The highest BCUT2D eigenvalue weighted by Crippen LogP contribution is 2.24. The Balaban J connectivity index is 2.02. The molecular formula is C18H22FN3O4. The Morgan fingerprint density at radius 1 is 1.31 bits per heavy atom. The smallest absolute Gasteiger partial charge is 0.407 e. The van der Waals surface area contributed by atoms with E-state index < -0.39 is 23.5 Å². The zero-order valence-corrected chi connectivity index (χ0v) is 15.2. The molecular weight excluding hydrogens is 341 g/mol. The Labute approximate surface area is 150 Å². The van der Waals surface area contributed by atoms with Crippen molar-refractivity contribution in [2.75, 3.05) is 6.54 Å². The van der Waals surface area contributed by atoms with Crippen LogP contribution in [0.15, 0.2) is 24.5 Å². The molecule has 1 aromatic carbocycles. The second-order valence-electron chi connectivity index (χ2n) is 6.88. The molecule has 1 aromatic heterocycles. The first-order valence-corrected chi connectivity index (χ1v) is 8.10. The minimum atomic E-state index is -1.30. The number of benzene rings is 1. The number of nitrogens with zero attached hydrogens (tertiary/aromatic N) is 2. The third-order valence-electron chi connectivity index (χ3n) is 3.48. The Kier molecular flexibility index (Phi) is 5.64. The highest BCUT2D eigenvalue weighted by Gasteiger charge is 2.17. The summed E-state index contributed by atoms with van der Waals surface area (Å²) in [6.45, 7) is 7.62. The lowest BCUT2D eigenvalue weighted by molar-refractivity contribution is 0.0525. The summed E-state index contributed by atoms with van der Waals surface area (Å²) < 4.78 is 20.8. The standard InChI is InChI=1S/C18H22FN3O4/c1-11-7-12(8-14(19)15(11)16(23)24)13-9-21-22(10-13)6-5-20-17(25)26-18(2,3)4/h7-10H,5-6H2,1-4H3,(H,20,25)(H,23,24). The number of alkyl carbamates (subject to hydrolysis) is 1. The van der Waals surface area contributed by atoms with Crippen molar-refractivity contribution in [3.8, 4) is 11.1 Å². The fraction of sp³-hybridized carbons (Fsp3) is 0.389. The van der Waals surface area contributed by atoms with Gasteiger partial charge in [-0.2, -0.15) is 5.10 Å². The summed E-state index contributed by atoms with van der Waals surface area (Å²) in [7, 11) is 0. The minimum absolute atomic E-state index is 0.321. The quantitative estimate of drug-likeness (QED) is 0.851. The van der Waals surface area contributed by atoms with E-state index in [0.717, 1.165) is 0 Å². The van der Waals surface area contributed by atoms with Gasteiger partial charge < -0.3 is 15.2 Å². The van der Waals surface area contributed by atoms with Crippen molar-refractivity contribution in [3.63, 3.8) is 0 Å². The van der Waals surface area contributed by atoms with E-state index in [4.69, 9.17) is 9.84 Å². The number of ether oxygens (including phenoxy) is 1. The molecule has 0 spiro atoms. The molecule has 1 heterocycles. The van der Waals surface area contributed by atoms with Crippen LogP contribution in [0.2, 0.25) is 0 Å². The van der Waals surface area contributed by atoms with Crippen molar-refractivity contribution >= 4 is 12.1 Å². The van der Waals surface area contributed by atoms with Gasteiger partial charge in [-0.1, -0.05) is 6.07 Å². The second-order valence-corrected chi connectivity index (χ2v) is 6.88. The van der Waals surface area contributed by atoms with Gasteiger partial charge in [-0.25, -0.2) is 14.0 Å². The molecule has 0 aliphatic rings. The van der Waals surface area contributed by atoms with Crippen molar-refractivity contribution in [2.24, 2.45) is 0 Å². The van der Waals surface area contributed by atoms with Crippen molar-refractivity contribution in [3.05, 3.63) is 41.5 Å². The molecule has 7 nitrogen and oxygen atoms in total. The number of carboxylic acid groups (broad SMARTS) is 1. The van der Waals surface area contributed by atoms with Crippen LogP contribution in [-0.4, -0.2) is 39.1 Å². The number of nitrogens with one attached hydrogen (secondary N) is 1. The normalized spacial score (nSPS) is 11.3. The lowest BCUT2D eigenvalue weighted by atomic mass is 10.0. The van der Waals surface area contributed by atoms with Gasteiger partial charge >= 0.3 is 12.1 Å². The minimum Gasteiger partial charge on any atom is -0.478 e. The zero-order chi connectivity index (χ0) is 19.5. The van der Waals surface area contributed by atoms with Crippen LogP contribution in [0.4, 0.5) is 9.18 Å². The van der Waals surface area contributed by atoms with Crippen LogP contribution in [0.1, 0.15) is 36.7 Å². The number of hydrogen-bond acceptors (Lipinski definition) is 4. The SMILES string of the molecule is Cc1cc(-c2cnn(CCNC(=O)OC(C)(C)C)c2)cc(F)c1C(=O)O. The predicted octanol–water partition coefficient (Wildman–Crippen LogP) is 3.22. The molecule has 0 radical (unpaired) electrons. The van der Waals surface area contributed by atoms with Crippen LogP contribution in [0.25, 0.3) is 11.1 Å². The van der Waals surface area contributed by atoms with Gasteiger partial charge in [0.15, 0.2) is 0 Å². The van der Waals surface area contributed by atoms with E-state index in [1.54, 1.807) is 50.8 Å². The largest absolute Gasteiger partial charge is 0.478 e. The Bertz CT molecular complexity index is 801. The van der Waals surface area contributed by atoms with Crippen molar-refractivity contribution in [1.29, 1.82) is 0 Å². The number of hydrogen-bond donors (Lipinski definition) is 2. The van der Waals surface area contributed by atoms with Gasteiger partial charge in [-0.15, -0.1) is 0 Å². The summed E-state index contributed by atoms with van der Waals surface area (Å²) in [5.74, 6) is -2.08. The van der Waals surface area contributed by atoms with Crippen LogP contribution < -0.4 is 5.32 Å². The number of halogens is 1. The second kappa shape index (κ2) is 7.55. The van der Waals surface area contributed by atoms with E-state index in [-0.39, 0.29) is 5.56 Å². The van der Waals surface area contributed by atoms with E-state index in [9.17, 15) is 14.0 Å². The van der Waals surface area contributed by atoms with Crippen molar-refractivity contribution in [2.45, 2.75) is 39.8 Å². The first-order chi connectivity index (χ1) is 12.1. The predicted molar refractivity (Wildman–Crippen MR) is 93.6 cm³/mol. The van der Waals surface area contributed by atoms with Crippen LogP contribution in [0.5, 0.6) is 0 Å². The van der Waals surface area contributed by atoms with E-state index in [1.807, 2.05) is 0 Å². The number of carboxylic acids is 1. The molecule has 0 aliphatic heterocycles. The summed E-state index contributed by atoms with van der Waals surface area (Å²) in [6.07, 6.45) is 2.75. The third-order valence-corrected chi connectivity index (χ3v) is 3.48. The molecule has 2 N–H and O–H groups in total. The maximum atomic E-state index is 14.0. The summed E-state index contributed by atoms with van der Waals surface area (Å²) >= 11 is 0. The number of aromatic carboxylic acids is 1. The number of aryl methyl sites for hydroxylation is 1. The van der Waals surface area contributed by atoms with Gasteiger partial charge in [0.05, 0.1) is 18.3 Å². The van der Waals surface area contributed by atoms with Gasteiger partial charge in [0, 0.05) is 18.3 Å². The molecule has 8 heteroatoms. The molecule has 0 saturated carbocycles. The number of carbonyl (C=O) groups is 2. The number of carbonyl (C=O) groups excluding carboxylic acids is 1. The molecule has 140 valence electrons. The van der Waals surface area contributed by atoms with Crippen molar-refractivity contribution in [1.82, 2.24) is 15.1 Å². The van der Waals surface area contributed by atoms with Crippen LogP contribution in [0.3, 0.4) is 0 Å². The van der Waals surface area contributed by atoms with Crippen LogP contribution >= 0.6 is 0 Å². The third kappa shape index (κ3) is 5.05.